The molecule has 1 rings (SSSR count). The number of halogens is 2. The van der Waals surface area contributed by atoms with Crippen LogP contribution in [0.3, 0.4) is 0 Å². The van der Waals surface area contributed by atoms with Crippen LogP contribution in [-0.2, 0) is 4.79 Å². The molecule has 0 saturated heterocycles. The van der Waals surface area contributed by atoms with Gasteiger partial charge in [0.1, 0.15) is 5.60 Å². The van der Waals surface area contributed by atoms with Crippen LogP contribution in [0.4, 0.5) is 0 Å². The number of carbonyl (C=O) groups is 1. The van der Waals surface area contributed by atoms with Crippen molar-refractivity contribution >= 4 is 29.5 Å². The van der Waals surface area contributed by atoms with E-state index in [1.54, 1.807) is 0 Å². The topological polar surface area (TPSA) is 37.3 Å². The number of rotatable bonds is 1. The van der Waals surface area contributed by atoms with Gasteiger partial charge in [-0.2, -0.15) is 0 Å². The molecular weight excluding hydrogens is 187 g/mol. The lowest BCUT2D eigenvalue weighted by Gasteiger charge is -2.20. The van der Waals surface area contributed by atoms with E-state index < -0.39 is 5.60 Å². The van der Waals surface area contributed by atoms with Crippen molar-refractivity contribution < 1.29 is 9.90 Å². The van der Waals surface area contributed by atoms with Crippen molar-refractivity contribution in [1.29, 1.82) is 0 Å². The third kappa shape index (κ3) is 2.06. The molecule has 4 heteroatoms. The minimum absolute atomic E-state index is 0.105. The molecule has 0 aromatic heterocycles. The molecule has 11 heavy (non-hydrogen) atoms. The summed E-state index contributed by atoms with van der Waals surface area (Å²) >= 11 is 11.1. The first-order chi connectivity index (χ1) is 5.06. The molecule has 0 heterocycles. The zero-order chi connectivity index (χ0) is 8.48. The molecule has 0 fully saturated rings. The van der Waals surface area contributed by atoms with Crippen LogP contribution in [0.1, 0.15) is 6.42 Å². The first-order valence-electron chi connectivity index (χ1n) is 2.99. The minimum atomic E-state index is -1.51. The molecule has 1 unspecified atom stereocenters. The second-order valence-electron chi connectivity index (χ2n) is 2.41. The Balaban J connectivity index is 2.95. The van der Waals surface area contributed by atoms with Crippen molar-refractivity contribution in [1.82, 2.24) is 0 Å². The van der Waals surface area contributed by atoms with Gasteiger partial charge in [-0.15, -0.1) is 0 Å². The maximum absolute atomic E-state index is 10.3. The van der Waals surface area contributed by atoms with Gasteiger partial charge in [0.2, 0.25) is 0 Å². The van der Waals surface area contributed by atoms with Gasteiger partial charge in [0.05, 0.1) is 0 Å². The highest BCUT2D eigenvalue weighted by Crippen LogP contribution is 2.28. The second kappa shape index (κ2) is 2.97. The van der Waals surface area contributed by atoms with Crippen LogP contribution < -0.4 is 0 Å². The van der Waals surface area contributed by atoms with Gasteiger partial charge in [-0.3, -0.25) is 4.79 Å². The van der Waals surface area contributed by atoms with Gasteiger partial charge < -0.3 is 5.11 Å². The van der Waals surface area contributed by atoms with Gasteiger partial charge in [0, 0.05) is 16.5 Å². The van der Waals surface area contributed by atoms with E-state index in [1.165, 1.54) is 12.2 Å². The third-order valence-electron chi connectivity index (χ3n) is 1.34. The van der Waals surface area contributed by atoms with E-state index in [0.717, 1.165) is 0 Å². The Hall–Kier alpha value is -0.310. The zero-order valence-corrected chi connectivity index (χ0v) is 7.06. The molecule has 0 bridgehead atoms. The average molecular weight is 193 g/mol. The van der Waals surface area contributed by atoms with E-state index >= 15 is 0 Å². The fourth-order valence-electron chi connectivity index (χ4n) is 0.878. The van der Waals surface area contributed by atoms with E-state index in [1.807, 2.05) is 0 Å². The molecule has 1 N–H and O–H groups in total. The quantitative estimate of drug-likeness (QED) is 0.641. The lowest BCUT2D eigenvalue weighted by molar-refractivity contribution is -0.119. The van der Waals surface area contributed by atoms with Crippen LogP contribution in [0.5, 0.6) is 0 Å². The number of hydrogen-bond donors (Lipinski definition) is 1. The third-order valence-corrected chi connectivity index (χ3v) is 1.80. The molecule has 0 radical (unpaired) electrons. The van der Waals surface area contributed by atoms with Gasteiger partial charge >= 0.3 is 0 Å². The van der Waals surface area contributed by atoms with Gasteiger partial charge in [0.25, 0.3) is 0 Å². The van der Waals surface area contributed by atoms with Gasteiger partial charge in [0.15, 0.2) is 6.29 Å². The number of aldehydes is 1. The Morgan fingerprint density at radius 3 is 2.73 bits per heavy atom. The van der Waals surface area contributed by atoms with Gasteiger partial charge in [-0.25, -0.2) is 0 Å². The fourth-order valence-corrected chi connectivity index (χ4v) is 1.59. The minimum Gasteiger partial charge on any atom is -0.378 e. The monoisotopic (exact) mass is 192 g/mol. The summed E-state index contributed by atoms with van der Waals surface area (Å²) in [5.74, 6) is 0. The Bertz CT molecular complexity index is 245. The van der Waals surface area contributed by atoms with Crippen LogP contribution in [0.15, 0.2) is 22.2 Å². The molecule has 0 spiro atoms. The molecular formula is C7H6Cl2O2. The zero-order valence-electron chi connectivity index (χ0n) is 5.55. The van der Waals surface area contributed by atoms with E-state index in [4.69, 9.17) is 23.2 Å². The van der Waals surface area contributed by atoms with E-state index in [2.05, 4.69) is 0 Å². The molecule has 1 aliphatic rings. The fraction of sp³-hybridized carbons (Fsp3) is 0.286. The lowest BCUT2D eigenvalue weighted by atomic mass is 9.97. The van der Waals surface area contributed by atoms with Crippen molar-refractivity contribution in [3.63, 3.8) is 0 Å². The molecule has 60 valence electrons. The molecule has 1 atom stereocenters. The van der Waals surface area contributed by atoms with Crippen LogP contribution in [0.25, 0.3) is 0 Å². The predicted octanol–water partition coefficient (Wildman–Crippen LogP) is 1.57. The summed E-state index contributed by atoms with van der Waals surface area (Å²) in [6, 6.07) is 0. The lowest BCUT2D eigenvalue weighted by Crippen LogP contribution is -2.29. The van der Waals surface area contributed by atoms with Crippen molar-refractivity contribution in [3.8, 4) is 0 Å². The van der Waals surface area contributed by atoms with Crippen molar-refractivity contribution in [3.05, 3.63) is 22.2 Å². The maximum Gasteiger partial charge on any atom is 0.155 e. The van der Waals surface area contributed by atoms with Crippen molar-refractivity contribution in [2.75, 3.05) is 0 Å². The highest BCUT2D eigenvalue weighted by Gasteiger charge is 2.27. The standard InChI is InChI=1S/C7H6Cl2O2/c8-5-1-6(9)3-7(11,2-5)4-10/h1-2,4,11H,3H2. The summed E-state index contributed by atoms with van der Waals surface area (Å²) in [7, 11) is 0. The van der Waals surface area contributed by atoms with Crippen molar-refractivity contribution in [2.24, 2.45) is 0 Å². The highest BCUT2D eigenvalue weighted by molar-refractivity contribution is 6.35. The summed E-state index contributed by atoms with van der Waals surface area (Å²) in [5.41, 5.74) is -1.51. The Morgan fingerprint density at radius 2 is 2.27 bits per heavy atom. The summed E-state index contributed by atoms with van der Waals surface area (Å²) in [6.45, 7) is 0. The smallest absolute Gasteiger partial charge is 0.155 e. The van der Waals surface area contributed by atoms with E-state index in [-0.39, 0.29) is 11.5 Å². The average Bonchev–Trinajstić information content (AvgIpc) is 1.84. The normalized spacial score (nSPS) is 30.8. The van der Waals surface area contributed by atoms with Crippen LogP contribution in [0, 0.1) is 0 Å². The molecule has 0 aromatic carbocycles. The second-order valence-corrected chi connectivity index (χ2v) is 3.33. The molecule has 0 aromatic rings. The molecule has 2 nitrogen and oxygen atoms in total. The Kier molecular flexibility index (Phi) is 2.37. The summed E-state index contributed by atoms with van der Waals surface area (Å²) < 4.78 is 0. The van der Waals surface area contributed by atoms with Crippen LogP contribution in [-0.4, -0.2) is 17.0 Å². The summed E-state index contributed by atoms with van der Waals surface area (Å²) in [6.07, 6.45) is 3.30. The SMILES string of the molecule is O=CC1(O)C=C(Cl)C=C(Cl)C1. The largest absolute Gasteiger partial charge is 0.378 e. The highest BCUT2D eigenvalue weighted by atomic mass is 35.5. The summed E-state index contributed by atoms with van der Waals surface area (Å²) in [4.78, 5) is 10.3. The number of aliphatic hydroxyl groups is 1. The van der Waals surface area contributed by atoms with E-state index in [0.29, 0.717) is 11.3 Å². The Labute approximate surface area is 74.1 Å². The van der Waals surface area contributed by atoms with Gasteiger partial charge in [-0.1, -0.05) is 23.2 Å². The number of carbonyl (C=O) groups excluding carboxylic acids is 1. The van der Waals surface area contributed by atoms with Crippen LogP contribution in [0.2, 0.25) is 0 Å². The summed E-state index contributed by atoms with van der Waals surface area (Å²) in [5, 5.41) is 10.0. The molecule has 0 amide bonds. The molecule has 1 aliphatic carbocycles. The van der Waals surface area contributed by atoms with Crippen LogP contribution >= 0.6 is 23.2 Å². The number of allylic oxidation sites excluding steroid dienone is 2. The van der Waals surface area contributed by atoms with Crippen molar-refractivity contribution in [2.45, 2.75) is 12.0 Å². The molecule has 0 aliphatic heterocycles. The maximum atomic E-state index is 10.3. The first-order valence-corrected chi connectivity index (χ1v) is 3.74. The van der Waals surface area contributed by atoms with E-state index in [9.17, 15) is 9.90 Å². The number of hydrogen-bond acceptors (Lipinski definition) is 2. The Morgan fingerprint density at radius 1 is 1.64 bits per heavy atom. The predicted molar refractivity (Wildman–Crippen MR) is 43.5 cm³/mol. The molecule has 0 saturated carbocycles. The first kappa shape index (κ1) is 8.78. The van der Waals surface area contributed by atoms with Gasteiger partial charge in [-0.05, 0) is 12.2 Å².